The third-order valence-corrected chi connectivity index (χ3v) is 6.16. The van der Waals surface area contributed by atoms with E-state index in [-0.39, 0.29) is 37.6 Å². The molecular weight excluding hydrogens is 474 g/mol. The van der Waals surface area contributed by atoms with Gasteiger partial charge in [-0.3, -0.25) is 19.4 Å². The van der Waals surface area contributed by atoms with E-state index in [9.17, 15) is 19.2 Å². The number of thiophene rings is 1. The molecule has 3 heterocycles. The second-order valence-electron chi connectivity index (χ2n) is 7.80. The fraction of sp³-hybridized carbons (Fsp3) is 0.435. The molecule has 0 unspecified atom stereocenters. The maximum absolute atomic E-state index is 12.7. The van der Waals surface area contributed by atoms with Crippen LogP contribution in [0.5, 0.6) is 0 Å². The van der Waals surface area contributed by atoms with Crippen LogP contribution in [0, 0.1) is 0 Å². The van der Waals surface area contributed by atoms with Crippen molar-refractivity contribution in [1.82, 2.24) is 20.3 Å². The van der Waals surface area contributed by atoms with E-state index in [2.05, 4.69) is 20.3 Å². The Morgan fingerprint density at radius 3 is 2.66 bits per heavy atom. The van der Waals surface area contributed by atoms with Gasteiger partial charge >= 0.3 is 11.9 Å². The lowest BCUT2D eigenvalue weighted by Crippen LogP contribution is -2.42. The number of rotatable bonds is 12. The number of ether oxygens (including phenoxy) is 2. The van der Waals surface area contributed by atoms with E-state index < -0.39 is 23.9 Å². The molecule has 188 valence electrons. The lowest BCUT2D eigenvalue weighted by atomic mass is 10.1. The molecule has 0 saturated carbocycles. The van der Waals surface area contributed by atoms with E-state index in [1.165, 1.54) is 11.3 Å². The Morgan fingerprint density at radius 2 is 1.91 bits per heavy atom. The lowest BCUT2D eigenvalue weighted by molar-refractivity contribution is -0.146. The number of nitrogen functional groups attached to an aromatic ring is 1. The molecule has 35 heavy (non-hydrogen) atoms. The molecule has 1 atom stereocenters. The van der Waals surface area contributed by atoms with Crippen molar-refractivity contribution < 1.29 is 23.9 Å². The number of carbonyl (C=O) groups is 3. The summed E-state index contributed by atoms with van der Waals surface area (Å²) in [6.45, 7) is 3.79. The topological polar surface area (TPSA) is 169 Å². The number of nitrogens with one attached hydrogen (secondary N) is 3. The molecule has 1 amide bonds. The monoisotopic (exact) mass is 503 g/mol. The third kappa shape index (κ3) is 7.15. The first kappa shape index (κ1) is 25.9. The highest BCUT2D eigenvalue weighted by Crippen LogP contribution is 2.18. The van der Waals surface area contributed by atoms with Crippen LogP contribution in [0.1, 0.15) is 54.0 Å². The number of hydrogen-bond acceptors (Lipinski definition) is 9. The van der Waals surface area contributed by atoms with Crippen molar-refractivity contribution in [3.63, 3.8) is 0 Å². The van der Waals surface area contributed by atoms with Crippen molar-refractivity contribution in [1.29, 1.82) is 0 Å². The van der Waals surface area contributed by atoms with Gasteiger partial charge in [-0.05, 0) is 62.6 Å². The van der Waals surface area contributed by atoms with Crippen LogP contribution in [0.15, 0.2) is 22.3 Å². The summed E-state index contributed by atoms with van der Waals surface area (Å²) in [5.41, 5.74) is 7.60. The lowest BCUT2D eigenvalue weighted by Gasteiger charge is -2.16. The van der Waals surface area contributed by atoms with Crippen LogP contribution in [0.25, 0.3) is 11.0 Å². The van der Waals surface area contributed by atoms with E-state index in [1.807, 2.05) is 5.38 Å². The van der Waals surface area contributed by atoms with Crippen LogP contribution in [0.2, 0.25) is 0 Å². The Morgan fingerprint density at radius 1 is 1.14 bits per heavy atom. The number of aromatic nitrogens is 3. The molecular formula is C23H29N5O6S. The fourth-order valence-corrected chi connectivity index (χ4v) is 4.40. The summed E-state index contributed by atoms with van der Waals surface area (Å²) in [5.74, 6) is -1.36. The molecule has 0 spiro atoms. The van der Waals surface area contributed by atoms with Crippen molar-refractivity contribution in [2.75, 3.05) is 18.9 Å². The van der Waals surface area contributed by atoms with Crippen molar-refractivity contribution in [3.8, 4) is 0 Å². The second kappa shape index (κ2) is 12.2. The number of H-pyrrole nitrogens is 2. The first-order valence-corrected chi connectivity index (χ1v) is 12.3. The smallest absolute Gasteiger partial charge is 0.328 e. The number of nitrogens with zero attached hydrogens (tertiary/aromatic N) is 1. The zero-order valence-electron chi connectivity index (χ0n) is 19.6. The largest absolute Gasteiger partial charge is 0.466 e. The molecule has 12 heteroatoms. The molecule has 3 aromatic rings. The van der Waals surface area contributed by atoms with Crippen LogP contribution in [-0.2, 0) is 31.9 Å². The number of aryl methyl sites for hydroxylation is 2. The number of anilines is 1. The van der Waals surface area contributed by atoms with Gasteiger partial charge in [0.1, 0.15) is 11.7 Å². The van der Waals surface area contributed by atoms with Gasteiger partial charge in [0.25, 0.3) is 11.5 Å². The minimum Gasteiger partial charge on any atom is -0.466 e. The van der Waals surface area contributed by atoms with Gasteiger partial charge in [0.05, 0.1) is 23.5 Å². The van der Waals surface area contributed by atoms with Gasteiger partial charge in [-0.15, -0.1) is 11.3 Å². The number of nitrogens with two attached hydrogens (primary N) is 1. The quantitative estimate of drug-likeness (QED) is 0.272. The SMILES string of the molecule is CCOC(=O)CC[C@H](NC(=O)c1cc(CCCc2cc3c(=O)[nH]c(N)nc3[nH]2)cs1)C(=O)OCC. The summed E-state index contributed by atoms with van der Waals surface area (Å²) in [4.78, 5) is 58.7. The molecule has 0 aromatic carbocycles. The Balaban J connectivity index is 1.55. The van der Waals surface area contributed by atoms with Crippen LogP contribution in [0.4, 0.5) is 5.95 Å². The molecule has 5 N–H and O–H groups in total. The van der Waals surface area contributed by atoms with E-state index >= 15 is 0 Å². The highest BCUT2D eigenvalue weighted by atomic mass is 32.1. The zero-order chi connectivity index (χ0) is 25.4. The summed E-state index contributed by atoms with van der Waals surface area (Å²) >= 11 is 1.28. The predicted molar refractivity (Wildman–Crippen MR) is 131 cm³/mol. The van der Waals surface area contributed by atoms with Crippen molar-refractivity contribution >= 4 is 46.2 Å². The molecule has 0 aliphatic carbocycles. The fourth-order valence-electron chi connectivity index (χ4n) is 3.55. The summed E-state index contributed by atoms with van der Waals surface area (Å²) in [6.07, 6.45) is 2.27. The summed E-state index contributed by atoms with van der Waals surface area (Å²) in [7, 11) is 0. The average molecular weight is 504 g/mol. The predicted octanol–water partition coefficient (Wildman–Crippen LogP) is 2.07. The number of hydrogen-bond donors (Lipinski definition) is 4. The van der Waals surface area contributed by atoms with E-state index in [0.29, 0.717) is 22.3 Å². The molecule has 0 fully saturated rings. The van der Waals surface area contributed by atoms with Crippen LogP contribution >= 0.6 is 11.3 Å². The highest BCUT2D eigenvalue weighted by molar-refractivity contribution is 7.12. The molecule has 0 aliphatic heterocycles. The van der Waals surface area contributed by atoms with Crippen LogP contribution < -0.4 is 16.6 Å². The number of carbonyl (C=O) groups excluding carboxylic acids is 3. The molecule has 0 radical (unpaired) electrons. The Labute approximate surface area is 205 Å². The number of esters is 2. The van der Waals surface area contributed by atoms with Gasteiger partial charge in [-0.25, -0.2) is 4.79 Å². The average Bonchev–Trinajstić information content (AvgIpc) is 3.44. The van der Waals surface area contributed by atoms with Gasteiger partial charge in [-0.1, -0.05) is 0 Å². The van der Waals surface area contributed by atoms with Gasteiger partial charge in [0.2, 0.25) is 5.95 Å². The van der Waals surface area contributed by atoms with E-state index in [0.717, 1.165) is 24.1 Å². The van der Waals surface area contributed by atoms with E-state index in [4.69, 9.17) is 15.2 Å². The molecule has 11 nitrogen and oxygen atoms in total. The maximum Gasteiger partial charge on any atom is 0.328 e. The first-order chi connectivity index (χ1) is 16.8. The summed E-state index contributed by atoms with van der Waals surface area (Å²) < 4.78 is 9.92. The van der Waals surface area contributed by atoms with Gasteiger partial charge in [0, 0.05) is 12.1 Å². The van der Waals surface area contributed by atoms with Crippen molar-refractivity contribution in [2.24, 2.45) is 0 Å². The summed E-state index contributed by atoms with van der Waals surface area (Å²) in [6, 6.07) is 2.61. The Bertz CT molecular complexity index is 1250. The number of fused-ring (bicyclic) bond motifs is 1. The highest BCUT2D eigenvalue weighted by Gasteiger charge is 2.24. The normalized spacial score (nSPS) is 11.8. The molecule has 3 rings (SSSR count). The van der Waals surface area contributed by atoms with Gasteiger partial charge in [0.15, 0.2) is 0 Å². The Kier molecular flexibility index (Phi) is 9.01. The Hall–Kier alpha value is -3.67. The summed E-state index contributed by atoms with van der Waals surface area (Å²) in [5, 5.41) is 5.02. The van der Waals surface area contributed by atoms with E-state index in [1.54, 1.807) is 26.0 Å². The maximum atomic E-state index is 12.7. The first-order valence-electron chi connectivity index (χ1n) is 11.4. The number of aromatic amines is 2. The van der Waals surface area contributed by atoms with Gasteiger partial charge in [-0.2, -0.15) is 4.98 Å². The second-order valence-corrected chi connectivity index (χ2v) is 8.71. The van der Waals surface area contributed by atoms with Crippen LogP contribution in [0.3, 0.4) is 0 Å². The zero-order valence-corrected chi connectivity index (χ0v) is 20.5. The molecule has 3 aromatic heterocycles. The molecule has 0 bridgehead atoms. The van der Waals surface area contributed by atoms with Crippen molar-refractivity contribution in [3.05, 3.63) is 44.0 Å². The minimum atomic E-state index is -0.940. The molecule has 0 aliphatic rings. The number of amides is 1. The molecule has 0 saturated heterocycles. The minimum absolute atomic E-state index is 0.00493. The third-order valence-electron chi connectivity index (χ3n) is 5.18. The van der Waals surface area contributed by atoms with Crippen LogP contribution in [-0.4, -0.2) is 52.1 Å². The van der Waals surface area contributed by atoms with Gasteiger partial charge < -0.3 is 25.5 Å². The van der Waals surface area contributed by atoms with Crippen molar-refractivity contribution in [2.45, 2.75) is 52.0 Å². The standard InChI is InChI=1S/C23H29N5O6S/c1-3-33-18(29)9-8-16(22(32)34-4-2)26-21(31)17-10-13(12-35-17)6-5-7-14-11-15-19(25-14)27-23(24)28-20(15)30/h10-12,16H,3-9H2,1-2H3,(H,26,31)(H4,24,25,27,28,30)/t16-/m0/s1.